The maximum atomic E-state index is 13.7. The predicted octanol–water partition coefficient (Wildman–Crippen LogP) is 3.97. The second kappa shape index (κ2) is 9.98. The minimum atomic E-state index is -1.62. The number of rotatable bonds is 9. The zero-order valence-corrected chi connectivity index (χ0v) is 16.0. The molecule has 0 atom stereocenters. The van der Waals surface area contributed by atoms with Gasteiger partial charge < -0.3 is 14.8 Å². The average molecular weight is 396 g/mol. The van der Waals surface area contributed by atoms with Gasteiger partial charge in [0.2, 0.25) is 5.91 Å². The Morgan fingerprint density at radius 3 is 2.46 bits per heavy atom. The first-order valence-corrected chi connectivity index (χ1v) is 8.84. The molecule has 5 nitrogen and oxygen atoms in total. The number of likely N-dealkylation sites (N-methyl/N-ethyl adjacent to an activating group) is 1. The first-order valence-electron chi connectivity index (χ1n) is 8.84. The van der Waals surface area contributed by atoms with Crippen molar-refractivity contribution in [1.82, 2.24) is 4.90 Å². The van der Waals surface area contributed by atoms with Crippen LogP contribution in [0.2, 0.25) is 0 Å². The van der Waals surface area contributed by atoms with E-state index in [1.807, 2.05) is 30.9 Å². The highest BCUT2D eigenvalue weighted by atomic mass is 19.2. The Hall–Kier alpha value is -2.74. The molecule has 0 fully saturated rings. The second-order valence-corrected chi connectivity index (χ2v) is 5.99. The molecule has 0 saturated carbocycles. The lowest BCUT2D eigenvalue weighted by Gasteiger charge is -2.21. The van der Waals surface area contributed by atoms with Gasteiger partial charge in [0.1, 0.15) is 0 Å². The Bertz CT molecular complexity index is 831. The van der Waals surface area contributed by atoms with Crippen LogP contribution < -0.4 is 14.8 Å². The van der Waals surface area contributed by atoms with Crippen LogP contribution in [0.4, 0.5) is 18.9 Å². The van der Waals surface area contributed by atoms with Crippen molar-refractivity contribution in [3.8, 4) is 11.5 Å². The highest BCUT2D eigenvalue weighted by molar-refractivity contribution is 5.92. The van der Waals surface area contributed by atoms with Crippen molar-refractivity contribution >= 4 is 11.6 Å². The van der Waals surface area contributed by atoms with Crippen molar-refractivity contribution in [3.63, 3.8) is 0 Å². The fourth-order valence-electron chi connectivity index (χ4n) is 2.64. The number of carbonyl (C=O) groups is 1. The van der Waals surface area contributed by atoms with Crippen molar-refractivity contribution in [2.24, 2.45) is 0 Å². The number of halogens is 3. The normalized spacial score (nSPS) is 10.8. The van der Waals surface area contributed by atoms with Gasteiger partial charge >= 0.3 is 0 Å². The molecule has 0 bridgehead atoms. The molecule has 152 valence electrons. The lowest BCUT2D eigenvalue weighted by atomic mass is 10.2. The van der Waals surface area contributed by atoms with E-state index in [0.717, 1.165) is 17.7 Å². The summed E-state index contributed by atoms with van der Waals surface area (Å²) in [6.45, 7) is 5.19. The van der Waals surface area contributed by atoms with Gasteiger partial charge in [0.25, 0.3) is 0 Å². The van der Waals surface area contributed by atoms with E-state index in [9.17, 15) is 18.0 Å². The topological polar surface area (TPSA) is 50.8 Å². The molecule has 8 heteroatoms. The van der Waals surface area contributed by atoms with Gasteiger partial charge in [-0.05, 0) is 43.3 Å². The minimum Gasteiger partial charge on any atom is -0.493 e. The van der Waals surface area contributed by atoms with Crippen molar-refractivity contribution in [2.45, 2.75) is 20.4 Å². The first kappa shape index (κ1) is 21.6. The molecule has 0 aromatic heterocycles. The molecule has 0 aliphatic rings. The molecule has 0 aliphatic carbocycles. The summed E-state index contributed by atoms with van der Waals surface area (Å²) in [6, 6.07) is 7.23. The summed E-state index contributed by atoms with van der Waals surface area (Å²) in [5, 5.41) is 2.27. The molecule has 2 aromatic carbocycles. The van der Waals surface area contributed by atoms with Crippen molar-refractivity contribution < 1.29 is 27.4 Å². The maximum Gasteiger partial charge on any atom is 0.238 e. The summed E-state index contributed by atoms with van der Waals surface area (Å²) in [4.78, 5) is 14.0. The summed E-state index contributed by atoms with van der Waals surface area (Å²) >= 11 is 0. The molecule has 1 N–H and O–H groups in total. The first-order chi connectivity index (χ1) is 13.4. The SMILES string of the molecule is CCOc1ccc(CN(CC)CC(=O)Nc2ccc(F)c(F)c2F)cc1OC. The second-order valence-electron chi connectivity index (χ2n) is 5.99. The number of anilines is 1. The molecule has 1 amide bonds. The predicted molar refractivity (Wildman–Crippen MR) is 100 cm³/mol. The third-order valence-corrected chi connectivity index (χ3v) is 4.06. The Morgan fingerprint density at radius 1 is 1.07 bits per heavy atom. The largest absolute Gasteiger partial charge is 0.493 e. The Labute approximate surface area is 162 Å². The van der Waals surface area contributed by atoms with E-state index in [2.05, 4.69) is 5.32 Å². The number of carbonyl (C=O) groups excluding carboxylic acids is 1. The maximum absolute atomic E-state index is 13.7. The molecular formula is C20H23F3N2O3. The molecule has 0 spiro atoms. The third-order valence-electron chi connectivity index (χ3n) is 4.06. The van der Waals surface area contributed by atoms with Crippen LogP contribution in [0.25, 0.3) is 0 Å². The summed E-state index contributed by atoms with van der Waals surface area (Å²) in [7, 11) is 1.54. The van der Waals surface area contributed by atoms with Crippen LogP contribution in [0, 0.1) is 17.5 Å². The number of nitrogens with zero attached hydrogens (tertiary/aromatic N) is 1. The fraction of sp³-hybridized carbons (Fsp3) is 0.350. The quantitative estimate of drug-likeness (QED) is 0.652. The van der Waals surface area contributed by atoms with Crippen LogP contribution in [0.5, 0.6) is 11.5 Å². The van der Waals surface area contributed by atoms with E-state index >= 15 is 0 Å². The van der Waals surface area contributed by atoms with Crippen LogP contribution in [0.3, 0.4) is 0 Å². The molecule has 0 saturated heterocycles. The third kappa shape index (κ3) is 5.39. The smallest absolute Gasteiger partial charge is 0.238 e. The Balaban J connectivity index is 2.04. The van der Waals surface area contributed by atoms with E-state index < -0.39 is 29.0 Å². The Kier molecular flexibility index (Phi) is 7.69. The van der Waals surface area contributed by atoms with Crippen molar-refractivity contribution in [3.05, 3.63) is 53.3 Å². The lowest BCUT2D eigenvalue weighted by molar-refractivity contribution is -0.117. The van der Waals surface area contributed by atoms with Crippen LogP contribution in [-0.4, -0.2) is 37.6 Å². The highest BCUT2D eigenvalue weighted by Crippen LogP contribution is 2.28. The lowest BCUT2D eigenvalue weighted by Crippen LogP contribution is -2.33. The van der Waals surface area contributed by atoms with Gasteiger partial charge in [0.05, 0.1) is 25.9 Å². The number of methoxy groups -OCH3 is 1. The van der Waals surface area contributed by atoms with E-state index in [4.69, 9.17) is 9.47 Å². The average Bonchev–Trinajstić information content (AvgIpc) is 2.69. The number of amides is 1. The Morgan fingerprint density at radius 2 is 1.82 bits per heavy atom. The number of hydrogen-bond acceptors (Lipinski definition) is 4. The minimum absolute atomic E-state index is 0.0511. The number of nitrogens with one attached hydrogen (secondary N) is 1. The molecule has 0 heterocycles. The van der Waals surface area contributed by atoms with E-state index in [-0.39, 0.29) is 6.54 Å². The summed E-state index contributed by atoms with van der Waals surface area (Å²) in [6.07, 6.45) is 0. The van der Waals surface area contributed by atoms with Crippen LogP contribution >= 0.6 is 0 Å². The molecule has 2 aromatic rings. The molecule has 2 rings (SSSR count). The van der Waals surface area contributed by atoms with Gasteiger partial charge in [-0.2, -0.15) is 0 Å². The molecular weight excluding hydrogens is 373 g/mol. The van der Waals surface area contributed by atoms with Gasteiger partial charge in [-0.25, -0.2) is 13.2 Å². The van der Waals surface area contributed by atoms with Crippen molar-refractivity contribution in [2.75, 3.05) is 32.1 Å². The van der Waals surface area contributed by atoms with Gasteiger partial charge in [-0.3, -0.25) is 9.69 Å². The van der Waals surface area contributed by atoms with Gasteiger partial charge in [0, 0.05) is 6.54 Å². The van der Waals surface area contributed by atoms with Gasteiger partial charge in [-0.15, -0.1) is 0 Å². The fourth-order valence-corrected chi connectivity index (χ4v) is 2.64. The molecule has 0 unspecified atom stereocenters. The summed E-state index contributed by atoms with van der Waals surface area (Å²) < 4.78 is 50.8. The summed E-state index contributed by atoms with van der Waals surface area (Å²) in [5.41, 5.74) is 0.497. The van der Waals surface area contributed by atoms with Gasteiger partial charge in [0.15, 0.2) is 29.0 Å². The summed E-state index contributed by atoms with van der Waals surface area (Å²) in [5.74, 6) is -3.67. The van der Waals surface area contributed by atoms with E-state index in [1.54, 1.807) is 13.2 Å². The zero-order chi connectivity index (χ0) is 20.7. The van der Waals surface area contributed by atoms with Crippen LogP contribution in [0.15, 0.2) is 30.3 Å². The van der Waals surface area contributed by atoms with E-state index in [1.165, 1.54) is 0 Å². The molecule has 28 heavy (non-hydrogen) atoms. The van der Waals surface area contributed by atoms with Crippen molar-refractivity contribution in [1.29, 1.82) is 0 Å². The van der Waals surface area contributed by atoms with Gasteiger partial charge in [-0.1, -0.05) is 13.0 Å². The number of hydrogen-bond donors (Lipinski definition) is 1. The highest BCUT2D eigenvalue weighted by Gasteiger charge is 2.17. The number of ether oxygens (including phenoxy) is 2. The molecule has 0 radical (unpaired) electrons. The van der Waals surface area contributed by atoms with Crippen LogP contribution in [-0.2, 0) is 11.3 Å². The number of benzene rings is 2. The van der Waals surface area contributed by atoms with Crippen LogP contribution in [0.1, 0.15) is 19.4 Å². The molecule has 0 aliphatic heterocycles. The zero-order valence-electron chi connectivity index (χ0n) is 16.0. The van der Waals surface area contributed by atoms with E-state index in [0.29, 0.717) is 31.2 Å². The standard InChI is InChI=1S/C20H23F3N2O3/c1-4-25(11-13-6-9-16(28-5-2)17(10-13)27-3)12-18(26)24-15-8-7-14(21)19(22)20(15)23/h6-10H,4-5,11-12H2,1-3H3,(H,24,26). The monoisotopic (exact) mass is 396 g/mol.